The van der Waals surface area contributed by atoms with Crippen molar-refractivity contribution in [3.05, 3.63) is 77.9 Å². The molecule has 0 aromatic heterocycles. The lowest BCUT2D eigenvalue weighted by Crippen LogP contribution is -2.37. The summed E-state index contributed by atoms with van der Waals surface area (Å²) in [4.78, 5) is 26.5. The molecule has 2 rings (SSSR count). The Morgan fingerprint density at radius 3 is 2.22 bits per heavy atom. The van der Waals surface area contributed by atoms with Crippen LogP contribution in [0.2, 0.25) is 0 Å². The standard InChI is InChI=1S/C31H44N2O4/c1-5-7-8-9-10-20-33(31(36)32-28-17-15-27(16-18-28)24(3)4)21-19-25-11-13-26(14-12-25)23-29(30(34)35)37-22-6-2/h6,11-18,24,29H,2,5,7-10,19-23H2,1,3-4H3,(H,32,36)(H,34,35). The predicted molar refractivity (Wildman–Crippen MR) is 151 cm³/mol. The molecule has 2 aromatic rings. The van der Waals surface area contributed by atoms with Crippen molar-refractivity contribution in [2.45, 2.75) is 77.7 Å². The first-order valence-corrected chi connectivity index (χ1v) is 13.5. The molecule has 37 heavy (non-hydrogen) atoms. The molecular weight excluding hydrogens is 464 g/mol. The highest BCUT2D eigenvalue weighted by Crippen LogP contribution is 2.18. The van der Waals surface area contributed by atoms with Crippen LogP contribution in [-0.4, -0.2) is 47.8 Å². The van der Waals surface area contributed by atoms with Gasteiger partial charge in [-0.3, -0.25) is 0 Å². The van der Waals surface area contributed by atoms with E-state index in [0.29, 0.717) is 18.9 Å². The van der Waals surface area contributed by atoms with Gasteiger partial charge in [0.25, 0.3) is 0 Å². The number of carboxylic acid groups (broad SMARTS) is 1. The lowest BCUT2D eigenvalue weighted by atomic mass is 10.0. The highest BCUT2D eigenvalue weighted by Gasteiger charge is 2.18. The SMILES string of the molecule is C=CCOC(Cc1ccc(CCN(CCCCCCC)C(=O)Nc2ccc(C(C)C)cc2)cc1)C(=O)O. The fourth-order valence-corrected chi connectivity index (χ4v) is 4.10. The van der Waals surface area contributed by atoms with Gasteiger partial charge in [-0.25, -0.2) is 9.59 Å². The number of hydrogen-bond donors (Lipinski definition) is 2. The van der Waals surface area contributed by atoms with Crippen molar-refractivity contribution in [3.8, 4) is 0 Å². The van der Waals surface area contributed by atoms with Crippen LogP contribution >= 0.6 is 0 Å². The van der Waals surface area contributed by atoms with E-state index in [4.69, 9.17) is 4.74 Å². The molecule has 0 radical (unpaired) electrons. The Kier molecular flexibility index (Phi) is 13.5. The minimum atomic E-state index is -0.981. The van der Waals surface area contributed by atoms with Gasteiger partial charge in [0.1, 0.15) is 0 Å². The number of aliphatic carboxylic acids is 1. The summed E-state index contributed by atoms with van der Waals surface area (Å²) in [6, 6.07) is 15.9. The smallest absolute Gasteiger partial charge is 0.333 e. The Hall–Kier alpha value is -3.12. The van der Waals surface area contributed by atoms with Crippen LogP contribution in [0, 0.1) is 0 Å². The maximum atomic E-state index is 13.1. The van der Waals surface area contributed by atoms with Gasteiger partial charge >= 0.3 is 12.0 Å². The second-order valence-corrected chi connectivity index (χ2v) is 9.83. The lowest BCUT2D eigenvalue weighted by molar-refractivity contribution is -0.149. The van der Waals surface area contributed by atoms with Crippen LogP contribution in [0.1, 0.15) is 75.5 Å². The second-order valence-electron chi connectivity index (χ2n) is 9.83. The number of nitrogens with one attached hydrogen (secondary N) is 1. The molecule has 0 saturated heterocycles. The van der Waals surface area contributed by atoms with E-state index in [0.717, 1.165) is 42.6 Å². The first-order chi connectivity index (χ1) is 17.8. The van der Waals surface area contributed by atoms with Gasteiger partial charge in [-0.2, -0.15) is 0 Å². The summed E-state index contributed by atoms with van der Waals surface area (Å²) in [5, 5.41) is 12.4. The van der Waals surface area contributed by atoms with Crippen molar-refractivity contribution in [2.24, 2.45) is 0 Å². The van der Waals surface area contributed by atoms with Crippen LogP contribution in [-0.2, 0) is 22.4 Å². The fourth-order valence-electron chi connectivity index (χ4n) is 4.10. The molecule has 1 unspecified atom stereocenters. The number of rotatable bonds is 17. The molecule has 0 aliphatic rings. The van der Waals surface area contributed by atoms with Gasteiger partial charge in [0.05, 0.1) is 6.61 Å². The van der Waals surface area contributed by atoms with Crippen molar-refractivity contribution >= 4 is 17.7 Å². The predicted octanol–water partition coefficient (Wildman–Crippen LogP) is 7.06. The van der Waals surface area contributed by atoms with Gasteiger partial charge < -0.3 is 20.1 Å². The van der Waals surface area contributed by atoms with E-state index in [2.05, 4.69) is 44.8 Å². The zero-order valence-electron chi connectivity index (χ0n) is 22.7. The van der Waals surface area contributed by atoms with Crippen LogP contribution in [0.4, 0.5) is 10.5 Å². The first kappa shape index (κ1) is 30.1. The second kappa shape index (κ2) is 16.6. The van der Waals surface area contributed by atoms with Crippen LogP contribution in [0.15, 0.2) is 61.2 Å². The summed E-state index contributed by atoms with van der Waals surface area (Å²) in [7, 11) is 0. The molecule has 0 saturated carbocycles. The van der Waals surface area contributed by atoms with Crippen LogP contribution < -0.4 is 5.32 Å². The molecule has 202 valence electrons. The highest BCUT2D eigenvalue weighted by atomic mass is 16.5. The number of unbranched alkanes of at least 4 members (excludes halogenated alkanes) is 4. The topological polar surface area (TPSA) is 78.9 Å². The van der Waals surface area contributed by atoms with E-state index in [1.165, 1.54) is 24.8 Å². The van der Waals surface area contributed by atoms with Crippen LogP contribution in [0.3, 0.4) is 0 Å². The van der Waals surface area contributed by atoms with Crippen LogP contribution in [0.25, 0.3) is 0 Å². The minimum absolute atomic E-state index is 0.0759. The number of carbonyl (C=O) groups is 2. The van der Waals surface area contributed by atoms with Gasteiger partial charge in [0, 0.05) is 25.2 Å². The monoisotopic (exact) mass is 508 g/mol. The largest absolute Gasteiger partial charge is 0.479 e. The summed E-state index contributed by atoms with van der Waals surface area (Å²) < 4.78 is 5.35. The Balaban J connectivity index is 1.98. The molecule has 0 aliphatic heterocycles. The average Bonchev–Trinajstić information content (AvgIpc) is 2.89. The van der Waals surface area contributed by atoms with Crippen molar-refractivity contribution in [1.82, 2.24) is 4.90 Å². The van der Waals surface area contributed by atoms with Crippen molar-refractivity contribution in [2.75, 3.05) is 25.0 Å². The van der Waals surface area contributed by atoms with Gasteiger partial charge in [-0.15, -0.1) is 6.58 Å². The Morgan fingerprint density at radius 2 is 1.62 bits per heavy atom. The Morgan fingerprint density at radius 1 is 0.973 bits per heavy atom. The number of hydrogen-bond acceptors (Lipinski definition) is 3. The molecule has 0 aliphatic carbocycles. The van der Waals surface area contributed by atoms with Crippen LogP contribution in [0.5, 0.6) is 0 Å². The number of carboxylic acids is 1. The van der Waals surface area contributed by atoms with Crippen molar-refractivity contribution in [3.63, 3.8) is 0 Å². The number of ether oxygens (including phenoxy) is 1. The number of urea groups is 1. The third-order valence-electron chi connectivity index (χ3n) is 6.45. The maximum absolute atomic E-state index is 13.1. The van der Waals surface area contributed by atoms with E-state index in [1.807, 2.05) is 41.3 Å². The average molecular weight is 509 g/mol. The molecule has 1 atom stereocenters. The molecule has 2 N–H and O–H groups in total. The molecule has 0 spiro atoms. The van der Waals surface area contributed by atoms with Gasteiger partial charge in [-0.1, -0.05) is 88.9 Å². The summed E-state index contributed by atoms with van der Waals surface area (Å²) in [6.45, 7) is 11.6. The summed E-state index contributed by atoms with van der Waals surface area (Å²) in [5.41, 5.74) is 4.06. The van der Waals surface area contributed by atoms with Crippen molar-refractivity contribution < 1.29 is 19.4 Å². The molecule has 0 bridgehead atoms. The van der Waals surface area contributed by atoms with Gasteiger partial charge in [-0.05, 0) is 47.6 Å². The van der Waals surface area contributed by atoms with Gasteiger partial charge in [0.2, 0.25) is 0 Å². The number of amides is 2. The third kappa shape index (κ3) is 11.2. The summed E-state index contributed by atoms with van der Waals surface area (Å²) in [5.74, 6) is -0.532. The fraction of sp³-hybridized carbons (Fsp3) is 0.484. The molecule has 0 heterocycles. The Labute approximate surface area is 222 Å². The van der Waals surface area contributed by atoms with E-state index in [9.17, 15) is 14.7 Å². The quantitative estimate of drug-likeness (QED) is 0.177. The molecule has 6 nitrogen and oxygen atoms in total. The summed E-state index contributed by atoms with van der Waals surface area (Å²) in [6.07, 6.45) is 7.39. The molecule has 2 amide bonds. The zero-order chi connectivity index (χ0) is 27.0. The van der Waals surface area contributed by atoms with Crippen molar-refractivity contribution in [1.29, 1.82) is 0 Å². The minimum Gasteiger partial charge on any atom is -0.479 e. The number of nitrogens with zero attached hydrogens (tertiary/aromatic N) is 1. The summed E-state index contributed by atoms with van der Waals surface area (Å²) >= 11 is 0. The van der Waals surface area contributed by atoms with E-state index < -0.39 is 12.1 Å². The third-order valence-corrected chi connectivity index (χ3v) is 6.45. The van der Waals surface area contributed by atoms with Gasteiger partial charge in [0.15, 0.2) is 6.10 Å². The van der Waals surface area contributed by atoms with E-state index in [1.54, 1.807) is 6.08 Å². The highest BCUT2D eigenvalue weighted by molar-refractivity contribution is 5.89. The Bertz CT molecular complexity index is 954. The first-order valence-electron chi connectivity index (χ1n) is 13.5. The van der Waals surface area contributed by atoms with E-state index in [-0.39, 0.29) is 12.6 Å². The zero-order valence-corrected chi connectivity index (χ0v) is 22.7. The molecule has 6 heteroatoms. The van der Waals surface area contributed by atoms with E-state index >= 15 is 0 Å². The lowest BCUT2D eigenvalue weighted by Gasteiger charge is -2.23. The maximum Gasteiger partial charge on any atom is 0.333 e. The number of anilines is 1. The number of carbonyl (C=O) groups excluding carboxylic acids is 1. The normalized spacial score (nSPS) is 11.8. The molecule has 2 aromatic carbocycles. The number of benzene rings is 2. The molecular formula is C31H44N2O4. The molecule has 0 fully saturated rings.